The zero-order chi connectivity index (χ0) is 28.1. The Morgan fingerprint density at radius 2 is 1.79 bits per heavy atom. The highest BCUT2D eigenvalue weighted by Gasteiger charge is 2.34. The Morgan fingerprint density at radius 3 is 2.37 bits per heavy atom. The van der Waals surface area contributed by atoms with Gasteiger partial charge in [0.15, 0.2) is 0 Å². The lowest BCUT2D eigenvalue weighted by Gasteiger charge is -2.37. The quantitative estimate of drug-likeness (QED) is 0.559. The van der Waals surface area contributed by atoms with E-state index in [4.69, 9.17) is 4.74 Å². The number of hydrogen-bond acceptors (Lipinski definition) is 7. The maximum atomic E-state index is 13.7. The molecule has 10 heteroatoms. The number of carbonyl (C=O) groups excluding carboxylic acids is 3. The molecule has 1 aromatic heterocycles. The minimum absolute atomic E-state index is 0.0377. The van der Waals surface area contributed by atoms with Crippen LogP contribution in [-0.2, 0) is 4.79 Å². The average Bonchev–Trinajstić information content (AvgIpc) is 2.89. The molecule has 206 valence electrons. The number of amides is 3. The number of pyridine rings is 1. The van der Waals surface area contributed by atoms with E-state index in [1.54, 1.807) is 62.3 Å². The van der Waals surface area contributed by atoms with E-state index < -0.39 is 12.1 Å². The molecule has 1 aromatic carbocycles. The van der Waals surface area contributed by atoms with Gasteiger partial charge in [-0.2, -0.15) is 0 Å². The fourth-order valence-corrected chi connectivity index (χ4v) is 4.30. The summed E-state index contributed by atoms with van der Waals surface area (Å²) in [5, 5.41) is 9.88. The predicted molar refractivity (Wildman–Crippen MR) is 145 cm³/mol. The number of aliphatic hydroxyl groups is 1. The molecule has 0 saturated heterocycles. The molecule has 10 nitrogen and oxygen atoms in total. The fraction of sp³-hybridized carbons (Fsp3) is 0.500. The van der Waals surface area contributed by atoms with Crippen molar-refractivity contribution in [1.29, 1.82) is 0 Å². The van der Waals surface area contributed by atoms with Gasteiger partial charge in [0.05, 0.1) is 25.7 Å². The van der Waals surface area contributed by atoms with Crippen LogP contribution in [0.1, 0.15) is 34.6 Å². The summed E-state index contributed by atoms with van der Waals surface area (Å²) in [5.74, 6) is -0.349. The molecule has 0 spiro atoms. The number of ether oxygens (including phenoxy) is 1. The lowest BCUT2D eigenvalue weighted by molar-refractivity contribution is -0.132. The topological polar surface area (TPSA) is 107 Å². The maximum Gasteiger partial charge on any atom is 0.259 e. The van der Waals surface area contributed by atoms with Gasteiger partial charge in [0.1, 0.15) is 11.7 Å². The molecule has 0 unspecified atom stereocenters. The van der Waals surface area contributed by atoms with Gasteiger partial charge < -0.3 is 29.4 Å². The molecule has 0 aliphatic carbocycles. The van der Waals surface area contributed by atoms with Gasteiger partial charge in [-0.05, 0) is 44.8 Å². The number of aliphatic hydroxyl groups excluding tert-OH is 1. The first-order valence-corrected chi connectivity index (χ1v) is 12.7. The average molecular weight is 526 g/mol. The van der Waals surface area contributed by atoms with Crippen molar-refractivity contribution in [2.45, 2.75) is 26.0 Å². The summed E-state index contributed by atoms with van der Waals surface area (Å²) in [6.07, 6.45) is 1.22. The summed E-state index contributed by atoms with van der Waals surface area (Å²) in [5.41, 5.74) is 2.34. The molecule has 0 bridgehead atoms. The van der Waals surface area contributed by atoms with Gasteiger partial charge in [0.25, 0.3) is 11.8 Å². The van der Waals surface area contributed by atoms with Gasteiger partial charge in [-0.1, -0.05) is 19.1 Å². The van der Waals surface area contributed by atoms with Crippen LogP contribution in [0, 0.1) is 5.92 Å². The van der Waals surface area contributed by atoms with Gasteiger partial charge >= 0.3 is 0 Å². The molecule has 38 heavy (non-hydrogen) atoms. The van der Waals surface area contributed by atoms with Gasteiger partial charge in [0.2, 0.25) is 11.8 Å². The van der Waals surface area contributed by atoms with Crippen LogP contribution in [0.5, 0.6) is 5.88 Å². The molecule has 0 radical (unpaired) electrons. The predicted octanol–water partition coefficient (Wildman–Crippen LogP) is 1.69. The Hall–Kier alpha value is -3.50. The van der Waals surface area contributed by atoms with Crippen LogP contribution < -0.4 is 4.74 Å². The molecule has 2 heterocycles. The largest absolute Gasteiger partial charge is 0.472 e. The van der Waals surface area contributed by atoms with Crippen molar-refractivity contribution in [3.63, 3.8) is 0 Å². The second-order valence-corrected chi connectivity index (χ2v) is 10.5. The smallest absolute Gasteiger partial charge is 0.259 e. The molecule has 3 amide bonds. The molecule has 2 aromatic rings. The number of nitrogens with zero attached hydrogens (tertiary/aromatic N) is 5. The first-order chi connectivity index (χ1) is 17.9. The number of hydrogen-bond donors (Lipinski definition) is 1. The first-order valence-electron chi connectivity index (χ1n) is 12.7. The van der Waals surface area contributed by atoms with Crippen molar-refractivity contribution < 1.29 is 24.2 Å². The highest BCUT2D eigenvalue weighted by atomic mass is 16.5. The van der Waals surface area contributed by atoms with Crippen molar-refractivity contribution in [3.8, 4) is 17.0 Å². The van der Waals surface area contributed by atoms with Gasteiger partial charge in [0, 0.05) is 50.9 Å². The molecule has 3 rings (SSSR count). The van der Waals surface area contributed by atoms with Crippen molar-refractivity contribution in [1.82, 2.24) is 24.6 Å². The number of likely N-dealkylation sites (N-methyl/N-ethyl adjacent to an activating group) is 2. The first kappa shape index (κ1) is 29.1. The van der Waals surface area contributed by atoms with E-state index in [1.165, 1.54) is 4.90 Å². The van der Waals surface area contributed by atoms with Crippen LogP contribution >= 0.6 is 0 Å². The summed E-state index contributed by atoms with van der Waals surface area (Å²) < 4.78 is 6.30. The third-order valence-electron chi connectivity index (χ3n) is 6.72. The Kier molecular flexibility index (Phi) is 9.45. The zero-order valence-corrected chi connectivity index (χ0v) is 23.3. The van der Waals surface area contributed by atoms with Crippen LogP contribution in [0.15, 0.2) is 36.5 Å². The lowest BCUT2D eigenvalue weighted by Crippen LogP contribution is -2.51. The molecule has 0 fully saturated rings. The highest BCUT2D eigenvalue weighted by molar-refractivity contribution is 5.98. The van der Waals surface area contributed by atoms with Gasteiger partial charge in [-0.15, -0.1) is 0 Å². The van der Waals surface area contributed by atoms with E-state index in [0.29, 0.717) is 24.2 Å². The van der Waals surface area contributed by atoms with Crippen LogP contribution in [0.4, 0.5) is 0 Å². The monoisotopic (exact) mass is 525 g/mol. The SMILES string of the molecule is C[C@@H]1CN([C@@H](C)CO)C(=O)c2cc(-c3ccc(C(=O)N(C)C)cc3)cnc2O[C@H]1CN(C)C(=O)CN(C)C. The third-order valence-corrected chi connectivity index (χ3v) is 6.72. The van der Waals surface area contributed by atoms with Crippen molar-refractivity contribution in [2.24, 2.45) is 5.92 Å². The molecule has 0 saturated carbocycles. The standard InChI is InChI=1S/C28H39N5O5/c1-18-14-33(19(2)17-34)28(37)23-12-22(20-8-10-21(11-9-20)27(36)31(5)6)13-29-26(23)38-24(18)15-32(7)25(35)16-30(3)4/h8-13,18-19,24,34H,14-17H2,1-7H3/t18-,19+,24+/m1/s1. The highest BCUT2D eigenvalue weighted by Crippen LogP contribution is 2.30. The Bertz CT molecular complexity index is 1150. The van der Waals surface area contributed by atoms with Crippen LogP contribution in [0.3, 0.4) is 0 Å². The van der Waals surface area contributed by atoms with Gasteiger partial charge in [-0.25, -0.2) is 4.98 Å². The summed E-state index contributed by atoms with van der Waals surface area (Å²) in [6, 6.07) is 8.44. The zero-order valence-electron chi connectivity index (χ0n) is 23.3. The number of carbonyl (C=O) groups is 3. The van der Waals surface area contributed by atoms with E-state index in [1.807, 2.05) is 38.1 Å². The molecular weight excluding hydrogens is 486 g/mol. The Morgan fingerprint density at radius 1 is 1.13 bits per heavy atom. The molecule has 3 atom stereocenters. The van der Waals surface area contributed by atoms with Crippen molar-refractivity contribution in [3.05, 3.63) is 47.7 Å². The lowest BCUT2D eigenvalue weighted by atomic mass is 9.99. The number of benzene rings is 1. The third kappa shape index (κ3) is 6.68. The minimum Gasteiger partial charge on any atom is -0.472 e. The minimum atomic E-state index is -0.416. The normalized spacial score (nSPS) is 18.2. The number of fused-ring (bicyclic) bond motifs is 1. The summed E-state index contributed by atoms with van der Waals surface area (Å²) in [4.78, 5) is 49.6. The summed E-state index contributed by atoms with van der Waals surface area (Å²) in [7, 11) is 8.81. The van der Waals surface area contributed by atoms with E-state index >= 15 is 0 Å². The summed E-state index contributed by atoms with van der Waals surface area (Å²) in [6.45, 7) is 4.54. The van der Waals surface area contributed by atoms with E-state index in [2.05, 4.69) is 4.98 Å². The Labute approximate surface area is 224 Å². The van der Waals surface area contributed by atoms with Crippen molar-refractivity contribution in [2.75, 3.05) is 61.5 Å². The molecule has 1 aliphatic heterocycles. The summed E-state index contributed by atoms with van der Waals surface area (Å²) >= 11 is 0. The molecule has 1 N–H and O–H groups in total. The fourth-order valence-electron chi connectivity index (χ4n) is 4.30. The second kappa shape index (κ2) is 12.4. The van der Waals surface area contributed by atoms with E-state index in [9.17, 15) is 19.5 Å². The van der Waals surface area contributed by atoms with Crippen LogP contribution in [0.25, 0.3) is 11.1 Å². The number of aromatic nitrogens is 1. The Balaban J connectivity index is 1.98. The van der Waals surface area contributed by atoms with Gasteiger partial charge in [-0.3, -0.25) is 14.4 Å². The van der Waals surface area contributed by atoms with Crippen molar-refractivity contribution >= 4 is 17.7 Å². The number of rotatable bonds is 8. The maximum absolute atomic E-state index is 13.7. The molecule has 1 aliphatic rings. The van der Waals surface area contributed by atoms with Crippen LogP contribution in [-0.4, -0.2) is 121 Å². The second-order valence-electron chi connectivity index (χ2n) is 10.5. The van der Waals surface area contributed by atoms with E-state index in [-0.39, 0.29) is 48.2 Å². The molecular formula is C28H39N5O5. The van der Waals surface area contributed by atoms with Crippen LogP contribution in [0.2, 0.25) is 0 Å². The van der Waals surface area contributed by atoms with E-state index in [0.717, 1.165) is 5.56 Å².